The van der Waals surface area contributed by atoms with Crippen molar-refractivity contribution < 1.29 is 19.1 Å². The maximum Gasteiger partial charge on any atom is 0.339 e. The number of carbonyl (C=O) groups is 2. The highest BCUT2D eigenvalue weighted by Crippen LogP contribution is 2.40. The summed E-state index contributed by atoms with van der Waals surface area (Å²) in [4.78, 5) is 27.4. The third-order valence-corrected chi connectivity index (χ3v) is 6.06. The van der Waals surface area contributed by atoms with E-state index >= 15 is 0 Å². The molecule has 0 spiro atoms. The van der Waals surface area contributed by atoms with E-state index in [0.29, 0.717) is 16.9 Å². The Morgan fingerprint density at radius 3 is 2.00 bits per heavy atom. The number of carbonyl (C=O) groups excluding carboxylic acids is 2. The molecular weight excluding hydrogens is 456 g/mol. The van der Waals surface area contributed by atoms with Crippen LogP contribution < -0.4 is 4.74 Å². The molecule has 0 heterocycles. The summed E-state index contributed by atoms with van der Waals surface area (Å²) in [5.41, 5.74) is 3.06. The Kier molecular flexibility index (Phi) is 9.79. The zero-order valence-electron chi connectivity index (χ0n) is 22.8. The molecule has 0 aliphatic carbocycles. The van der Waals surface area contributed by atoms with E-state index in [9.17, 15) is 9.59 Å². The van der Waals surface area contributed by atoms with Gasteiger partial charge in [-0.1, -0.05) is 27.7 Å². The van der Waals surface area contributed by atoms with Crippen LogP contribution in [-0.4, -0.2) is 29.7 Å². The first-order valence-electron chi connectivity index (χ1n) is 12.2. The van der Waals surface area contributed by atoms with Gasteiger partial charge in [-0.15, -0.1) is 11.8 Å². The normalized spacial score (nSPS) is 12.1. The van der Waals surface area contributed by atoms with Crippen molar-refractivity contribution in [2.24, 2.45) is 0 Å². The second-order valence-corrected chi connectivity index (χ2v) is 11.5. The minimum absolute atomic E-state index is 0.00640. The Hall–Kier alpha value is -2.53. The Labute approximate surface area is 215 Å². The summed E-state index contributed by atoms with van der Waals surface area (Å²) in [5, 5.41) is 0. The summed E-state index contributed by atoms with van der Waals surface area (Å²) in [6.45, 7) is 17.7. The van der Waals surface area contributed by atoms with Gasteiger partial charge in [0.25, 0.3) is 0 Å². The Morgan fingerprint density at radius 2 is 1.54 bits per heavy atom. The smallest absolute Gasteiger partial charge is 0.339 e. The van der Waals surface area contributed by atoms with E-state index in [1.54, 1.807) is 23.9 Å². The van der Waals surface area contributed by atoms with Crippen molar-refractivity contribution in [2.45, 2.75) is 90.7 Å². The predicted molar refractivity (Wildman–Crippen MR) is 147 cm³/mol. The fourth-order valence-electron chi connectivity index (χ4n) is 3.80. The number of ketones is 1. The van der Waals surface area contributed by atoms with Crippen LogP contribution in [0.4, 0.5) is 0 Å². The van der Waals surface area contributed by atoms with Gasteiger partial charge in [0.2, 0.25) is 0 Å². The van der Waals surface area contributed by atoms with Crippen molar-refractivity contribution in [1.29, 1.82) is 0 Å². The molecule has 35 heavy (non-hydrogen) atoms. The maximum atomic E-state index is 13.4. The van der Waals surface area contributed by atoms with Crippen molar-refractivity contribution in [3.63, 3.8) is 0 Å². The molecule has 0 aliphatic heterocycles. The monoisotopic (exact) mass is 496 g/mol. The molecule has 0 unspecified atom stereocenters. The van der Waals surface area contributed by atoms with Gasteiger partial charge in [-0.2, -0.15) is 0 Å². The van der Waals surface area contributed by atoms with Crippen LogP contribution in [0.5, 0.6) is 5.75 Å². The van der Waals surface area contributed by atoms with Crippen LogP contribution in [0.1, 0.15) is 112 Å². The lowest BCUT2D eigenvalue weighted by atomic mass is 9.85. The average Bonchev–Trinajstić information content (AvgIpc) is 2.75. The second-order valence-electron chi connectivity index (χ2n) is 10.6. The fourth-order valence-corrected chi connectivity index (χ4v) is 4.21. The SMILES string of the molecule is CSc1ccc(C(=O)C=Cc2cc(C(C)C)c(C(=O)OC(C)(C)C)c(C(C)C)c2OC(C)C)cc1. The first-order valence-corrected chi connectivity index (χ1v) is 13.4. The van der Waals surface area contributed by atoms with Gasteiger partial charge in [0.15, 0.2) is 5.78 Å². The number of rotatable bonds is 9. The van der Waals surface area contributed by atoms with Crippen molar-refractivity contribution in [1.82, 2.24) is 0 Å². The van der Waals surface area contributed by atoms with Crippen LogP contribution in [0.15, 0.2) is 41.3 Å². The highest BCUT2D eigenvalue weighted by atomic mass is 32.2. The van der Waals surface area contributed by atoms with Crippen molar-refractivity contribution >= 4 is 29.6 Å². The van der Waals surface area contributed by atoms with E-state index in [0.717, 1.165) is 21.6 Å². The molecule has 2 aromatic carbocycles. The minimum atomic E-state index is -0.616. The molecule has 2 aromatic rings. The van der Waals surface area contributed by atoms with Crippen LogP contribution in [0.25, 0.3) is 6.08 Å². The lowest BCUT2D eigenvalue weighted by molar-refractivity contribution is 0.00653. The van der Waals surface area contributed by atoms with Crippen LogP contribution in [0, 0.1) is 0 Å². The largest absolute Gasteiger partial charge is 0.490 e. The third kappa shape index (κ3) is 7.73. The average molecular weight is 497 g/mol. The van der Waals surface area contributed by atoms with E-state index < -0.39 is 5.60 Å². The van der Waals surface area contributed by atoms with Crippen molar-refractivity contribution in [3.05, 3.63) is 64.2 Å². The predicted octanol–water partition coefficient (Wildman–Crippen LogP) is 8.29. The lowest BCUT2D eigenvalue weighted by Crippen LogP contribution is -2.26. The molecule has 0 fully saturated rings. The molecule has 0 saturated heterocycles. The number of hydrogen-bond acceptors (Lipinski definition) is 5. The number of hydrogen-bond donors (Lipinski definition) is 0. The molecule has 2 rings (SSSR count). The van der Waals surface area contributed by atoms with E-state index in [-0.39, 0.29) is 29.7 Å². The van der Waals surface area contributed by atoms with Gasteiger partial charge < -0.3 is 9.47 Å². The van der Waals surface area contributed by atoms with E-state index in [4.69, 9.17) is 9.47 Å². The fraction of sp³-hybridized carbons (Fsp3) is 0.467. The van der Waals surface area contributed by atoms with E-state index in [1.807, 2.05) is 85.1 Å². The number of allylic oxidation sites excluding steroid dienone is 1. The Morgan fingerprint density at radius 1 is 0.943 bits per heavy atom. The quantitative estimate of drug-likeness (QED) is 0.151. The van der Waals surface area contributed by atoms with E-state index in [1.165, 1.54) is 0 Å². The number of thioether (sulfide) groups is 1. The Balaban J connectivity index is 2.70. The number of esters is 1. The van der Waals surface area contributed by atoms with Crippen LogP contribution in [0.2, 0.25) is 0 Å². The van der Waals surface area contributed by atoms with Gasteiger partial charge in [-0.3, -0.25) is 4.79 Å². The second kappa shape index (κ2) is 11.9. The summed E-state index contributed by atoms with van der Waals surface area (Å²) in [6, 6.07) is 9.54. The zero-order chi connectivity index (χ0) is 26.5. The van der Waals surface area contributed by atoms with Gasteiger partial charge in [0, 0.05) is 21.6 Å². The number of benzene rings is 2. The molecule has 190 valence electrons. The zero-order valence-corrected chi connectivity index (χ0v) is 23.6. The Bertz CT molecular complexity index is 1070. The van der Waals surface area contributed by atoms with Gasteiger partial charge in [-0.25, -0.2) is 4.79 Å². The molecule has 0 aliphatic rings. The number of ether oxygens (including phenoxy) is 2. The third-order valence-electron chi connectivity index (χ3n) is 5.32. The van der Waals surface area contributed by atoms with Crippen LogP contribution in [0.3, 0.4) is 0 Å². The molecule has 4 nitrogen and oxygen atoms in total. The molecule has 0 amide bonds. The molecule has 0 saturated carbocycles. The topological polar surface area (TPSA) is 52.6 Å². The summed E-state index contributed by atoms with van der Waals surface area (Å²) in [5.74, 6) is 0.277. The molecule has 5 heteroatoms. The molecular formula is C30H40O4S. The lowest BCUT2D eigenvalue weighted by Gasteiger charge is -2.27. The summed E-state index contributed by atoms with van der Waals surface area (Å²) < 4.78 is 12.1. The highest BCUT2D eigenvalue weighted by Gasteiger charge is 2.30. The first kappa shape index (κ1) is 28.7. The minimum Gasteiger partial charge on any atom is -0.490 e. The van der Waals surface area contributed by atoms with E-state index in [2.05, 4.69) is 13.8 Å². The maximum absolute atomic E-state index is 13.4. The van der Waals surface area contributed by atoms with Gasteiger partial charge >= 0.3 is 5.97 Å². The summed E-state index contributed by atoms with van der Waals surface area (Å²) in [7, 11) is 0. The summed E-state index contributed by atoms with van der Waals surface area (Å²) >= 11 is 1.64. The molecule has 0 aromatic heterocycles. The van der Waals surface area contributed by atoms with Crippen LogP contribution in [-0.2, 0) is 4.74 Å². The molecule has 0 atom stereocenters. The first-order chi connectivity index (χ1) is 16.2. The molecule has 0 bridgehead atoms. The summed E-state index contributed by atoms with van der Waals surface area (Å²) in [6.07, 6.45) is 5.29. The standard InChI is InChI=1S/C30H40O4S/c1-18(2)24-17-22(13-16-25(31)21-11-14-23(35-10)15-12-21)28(33-20(5)6)26(19(3)4)27(24)29(32)34-30(7,8)9/h11-20H,1-10H3. The van der Waals surface area contributed by atoms with Gasteiger partial charge in [0.1, 0.15) is 11.4 Å². The van der Waals surface area contributed by atoms with Gasteiger partial charge in [0.05, 0.1) is 11.7 Å². The molecule has 0 N–H and O–H groups in total. The van der Waals surface area contributed by atoms with Gasteiger partial charge in [-0.05, 0) is 101 Å². The van der Waals surface area contributed by atoms with Crippen molar-refractivity contribution in [3.8, 4) is 5.75 Å². The van der Waals surface area contributed by atoms with Crippen LogP contribution >= 0.6 is 11.8 Å². The highest BCUT2D eigenvalue weighted by molar-refractivity contribution is 7.98. The molecule has 0 radical (unpaired) electrons. The van der Waals surface area contributed by atoms with Crippen molar-refractivity contribution in [2.75, 3.05) is 6.26 Å².